The van der Waals surface area contributed by atoms with Gasteiger partial charge in [-0.05, 0) is 85.3 Å². The predicted octanol–water partition coefficient (Wildman–Crippen LogP) is 10.0. The van der Waals surface area contributed by atoms with Crippen molar-refractivity contribution < 1.29 is 0 Å². The second kappa shape index (κ2) is 8.21. The smallest absolute Gasteiger partial charge is 0.0972 e. The van der Waals surface area contributed by atoms with Gasteiger partial charge in [0.25, 0.3) is 0 Å². The molecule has 0 saturated heterocycles. The summed E-state index contributed by atoms with van der Waals surface area (Å²) in [5, 5.41) is 12.8. The van der Waals surface area contributed by atoms with Gasteiger partial charge in [0.15, 0.2) is 0 Å². The minimum atomic E-state index is 0.950. The zero-order valence-corrected chi connectivity index (χ0v) is 21.9. The summed E-state index contributed by atoms with van der Waals surface area (Å²) in [6.45, 7) is 0. The zero-order chi connectivity index (χ0) is 26.2. The third-order valence-electron chi connectivity index (χ3n) is 8.71. The lowest BCUT2D eigenvalue weighted by atomic mass is 9.82. The molecule has 0 amide bonds. The van der Waals surface area contributed by atoms with E-state index in [-0.39, 0.29) is 0 Å². The van der Waals surface area contributed by atoms with Gasteiger partial charge in [0.05, 0.1) is 16.7 Å². The lowest BCUT2D eigenvalue weighted by Gasteiger charge is -2.21. The molecule has 0 bridgehead atoms. The molecule has 0 aliphatic heterocycles. The van der Waals surface area contributed by atoms with Crippen LogP contribution in [0.5, 0.6) is 0 Å². The van der Waals surface area contributed by atoms with Crippen molar-refractivity contribution in [2.45, 2.75) is 12.8 Å². The number of nitrogens with zero attached hydrogens (tertiary/aromatic N) is 2. The van der Waals surface area contributed by atoms with Crippen LogP contribution in [0.4, 0.5) is 0 Å². The van der Waals surface area contributed by atoms with Gasteiger partial charge in [0.2, 0.25) is 0 Å². The number of allylic oxidation sites excluding steroid dienone is 1. The molecule has 186 valence electrons. The molecule has 1 aliphatic rings. The van der Waals surface area contributed by atoms with E-state index in [2.05, 4.69) is 114 Å². The van der Waals surface area contributed by atoms with Crippen molar-refractivity contribution in [3.63, 3.8) is 0 Å². The molecule has 1 aliphatic carbocycles. The van der Waals surface area contributed by atoms with Crippen LogP contribution in [-0.4, -0.2) is 9.97 Å². The van der Waals surface area contributed by atoms with Gasteiger partial charge in [-0.15, -0.1) is 0 Å². The Morgan fingerprint density at radius 3 is 2.10 bits per heavy atom. The molecule has 2 heteroatoms. The first-order valence-electron chi connectivity index (χ1n) is 14.0. The average molecular weight is 509 g/mol. The van der Waals surface area contributed by atoms with Gasteiger partial charge < -0.3 is 0 Å². The molecule has 0 saturated carbocycles. The zero-order valence-electron chi connectivity index (χ0n) is 21.9. The van der Waals surface area contributed by atoms with Crippen LogP contribution >= 0.6 is 0 Å². The van der Waals surface area contributed by atoms with E-state index in [1.807, 2.05) is 12.3 Å². The summed E-state index contributed by atoms with van der Waals surface area (Å²) in [6.07, 6.45) is 8.69. The maximum atomic E-state index is 5.19. The Balaban J connectivity index is 1.43. The molecule has 9 rings (SSSR count). The molecule has 0 atom stereocenters. The minimum Gasteiger partial charge on any atom is -0.254 e. The Labute approximate surface area is 231 Å². The third-order valence-corrected chi connectivity index (χ3v) is 8.71. The van der Waals surface area contributed by atoms with Gasteiger partial charge in [-0.3, -0.25) is 4.98 Å². The first-order valence-corrected chi connectivity index (χ1v) is 14.0. The van der Waals surface area contributed by atoms with Crippen molar-refractivity contribution in [2.24, 2.45) is 0 Å². The number of aryl methyl sites for hydroxylation is 1. The molecule has 2 aromatic heterocycles. The summed E-state index contributed by atoms with van der Waals surface area (Å²) < 4.78 is 0. The highest BCUT2D eigenvalue weighted by Gasteiger charge is 2.20. The first kappa shape index (κ1) is 21.8. The van der Waals surface area contributed by atoms with Crippen molar-refractivity contribution in [3.8, 4) is 11.3 Å². The third kappa shape index (κ3) is 2.99. The van der Waals surface area contributed by atoms with Crippen LogP contribution in [0.2, 0.25) is 0 Å². The van der Waals surface area contributed by atoms with Crippen LogP contribution in [0.1, 0.15) is 17.5 Å². The number of aromatic nitrogens is 2. The van der Waals surface area contributed by atoms with Gasteiger partial charge in [0, 0.05) is 22.5 Å². The highest BCUT2D eigenvalue weighted by Crippen LogP contribution is 2.45. The lowest BCUT2D eigenvalue weighted by molar-refractivity contribution is 1.00. The van der Waals surface area contributed by atoms with Crippen molar-refractivity contribution >= 4 is 71.0 Å². The van der Waals surface area contributed by atoms with Gasteiger partial charge in [-0.25, -0.2) is 4.98 Å². The summed E-state index contributed by atoms with van der Waals surface area (Å²) in [5.41, 5.74) is 6.85. The number of benzene rings is 6. The molecular weight excluding hydrogens is 484 g/mol. The minimum absolute atomic E-state index is 0.950. The fraction of sp³-hybridized carbons (Fsp3) is 0.0526. The fourth-order valence-corrected chi connectivity index (χ4v) is 6.94. The van der Waals surface area contributed by atoms with E-state index in [0.29, 0.717) is 0 Å². The first-order chi connectivity index (χ1) is 19.8. The van der Waals surface area contributed by atoms with Crippen LogP contribution in [0.25, 0.3) is 82.2 Å². The molecule has 8 aromatic rings. The number of hydrogen-bond donors (Lipinski definition) is 0. The Hall–Kier alpha value is -5.08. The van der Waals surface area contributed by atoms with Crippen LogP contribution in [-0.2, 0) is 6.42 Å². The number of pyridine rings is 2. The van der Waals surface area contributed by atoms with E-state index in [4.69, 9.17) is 4.98 Å². The molecule has 6 aromatic carbocycles. The normalized spacial score (nSPS) is 13.2. The van der Waals surface area contributed by atoms with Crippen molar-refractivity contribution in [1.29, 1.82) is 0 Å². The largest absolute Gasteiger partial charge is 0.254 e. The molecular formula is C38H24N2. The van der Waals surface area contributed by atoms with Crippen LogP contribution in [0, 0.1) is 0 Å². The number of hydrogen-bond acceptors (Lipinski definition) is 2. The van der Waals surface area contributed by atoms with Crippen molar-refractivity contribution in [2.75, 3.05) is 0 Å². The predicted molar refractivity (Wildman–Crippen MR) is 170 cm³/mol. The van der Waals surface area contributed by atoms with E-state index >= 15 is 0 Å². The SMILES string of the molecule is C1=Cc2c(c3ccc(-c4ccc5ccc6cccnc6c5n4)cc3c3c4ccccc4c4ccccc4c23)CC1. The van der Waals surface area contributed by atoms with E-state index < -0.39 is 0 Å². The van der Waals surface area contributed by atoms with E-state index in [1.54, 1.807) is 0 Å². The van der Waals surface area contributed by atoms with E-state index in [9.17, 15) is 0 Å². The van der Waals surface area contributed by atoms with E-state index in [0.717, 1.165) is 45.9 Å². The number of fused-ring (bicyclic) bond motifs is 14. The quantitative estimate of drug-likeness (QED) is 0.206. The molecule has 2 nitrogen and oxygen atoms in total. The van der Waals surface area contributed by atoms with Gasteiger partial charge in [-0.1, -0.05) is 97.1 Å². The monoisotopic (exact) mass is 508 g/mol. The summed E-state index contributed by atoms with van der Waals surface area (Å²) >= 11 is 0. The molecule has 0 spiro atoms. The lowest BCUT2D eigenvalue weighted by Crippen LogP contribution is -1.99. The molecule has 0 unspecified atom stereocenters. The Kier molecular flexibility index (Phi) is 4.48. The van der Waals surface area contributed by atoms with Gasteiger partial charge in [-0.2, -0.15) is 0 Å². The molecule has 0 fully saturated rings. The van der Waals surface area contributed by atoms with E-state index in [1.165, 1.54) is 54.2 Å². The summed E-state index contributed by atoms with van der Waals surface area (Å²) in [7, 11) is 0. The summed E-state index contributed by atoms with van der Waals surface area (Å²) in [5.74, 6) is 0. The maximum absolute atomic E-state index is 5.19. The Morgan fingerprint density at radius 2 is 1.27 bits per heavy atom. The highest BCUT2D eigenvalue weighted by molar-refractivity contribution is 6.34. The molecule has 0 N–H and O–H groups in total. The van der Waals surface area contributed by atoms with Crippen molar-refractivity contribution in [1.82, 2.24) is 9.97 Å². The van der Waals surface area contributed by atoms with Crippen LogP contribution in [0.15, 0.2) is 115 Å². The summed E-state index contributed by atoms with van der Waals surface area (Å²) in [6, 6.07) is 37.4. The second-order valence-corrected chi connectivity index (χ2v) is 10.8. The topological polar surface area (TPSA) is 25.8 Å². The standard InChI is InChI=1S/C38H24N2/c1-4-12-30-26(9-1)27-10-2-6-14-32(27)36-33-22-25(17-19-29(33)28-11-3-5-13-31(28)35(30)36)34-20-18-24-16-15-23-8-7-21-39-37(23)38(24)40-34/h1-2,4-10,12-22H,3,11H2. The molecule has 40 heavy (non-hydrogen) atoms. The van der Waals surface area contributed by atoms with Gasteiger partial charge >= 0.3 is 0 Å². The van der Waals surface area contributed by atoms with Crippen molar-refractivity contribution in [3.05, 3.63) is 127 Å². The average Bonchev–Trinajstić information content (AvgIpc) is 3.04. The Bertz CT molecular complexity index is 2380. The number of rotatable bonds is 1. The second-order valence-electron chi connectivity index (χ2n) is 10.8. The van der Waals surface area contributed by atoms with Gasteiger partial charge in [0.1, 0.15) is 0 Å². The van der Waals surface area contributed by atoms with Crippen LogP contribution in [0.3, 0.4) is 0 Å². The van der Waals surface area contributed by atoms with Crippen LogP contribution < -0.4 is 0 Å². The Morgan fingerprint density at radius 1 is 0.550 bits per heavy atom. The fourth-order valence-electron chi connectivity index (χ4n) is 6.94. The maximum Gasteiger partial charge on any atom is 0.0972 e. The molecule has 2 heterocycles. The molecule has 0 radical (unpaired) electrons. The highest BCUT2D eigenvalue weighted by atomic mass is 14.7. The summed E-state index contributed by atoms with van der Waals surface area (Å²) in [4.78, 5) is 9.86.